The number of amidine groups is 1. The Balaban J connectivity index is 3.88. The number of rotatable bonds is 6. The third-order valence-corrected chi connectivity index (χ3v) is 1.95. The van der Waals surface area contributed by atoms with Crippen molar-refractivity contribution in [3.05, 3.63) is 11.6 Å². The largest absolute Gasteiger partial charge is 0.480 e. The van der Waals surface area contributed by atoms with Crippen LogP contribution in [0.15, 0.2) is 16.6 Å². The number of allylic oxidation sites excluding steroid dienone is 1. The average Bonchev–Trinajstić information content (AvgIpc) is 2.13. The molecular formula is C10H19N3O2. The molecule has 1 atom stereocenters. The van der Waals surface area contributed by atoms with E-state index in [2.05, 4.69) is 4.99 Å². The van der Waals surface area contributed by atoms with Gasteiger partial charge in [0.25, 0.3) is 0 Å². The van der Waals surface area contributed by atoms with Gasteiger partial charge < -0.3 is 16.6 Å². The molecule has 5 heteroatoms. The minimum absolute atomic E-state index is 0.447. The van der Waals surface area contributed by atoms with Crippen LogP contribution in [0.2, 0.25) is 0 Å². The van der Waals surface area contributed by atoms with Crippen molar-refractivity contribution in [1.29, 1.82) is 0 Å². The summed E-state index contributed by atoms with van der Waals surface area (Å²) < 4.78 is 0. The maximum atomic E-state index is 10.4. The first-order chi connectivity index (χ1) is 6.93. The summed E-state index contributed by atoms with van der Waals surface area (Å²) in [6.07, 6.45) is 3.04. The van der Waals surface area contributed by atoms with Crippen molar-refractivity contribution in [1.82, 2.24) is 0 Å². The number of nitrogens with zero attached hydrogens (tertiary/aromatic N) is 1. The smallest absolute Gasteiger partial charge is 0.320 e. The van der Waals surface area contributed by atoms with E-state index in [1.165, 1.54) is 0 Å². The molecule has 0 rings (SSSR count). The number of nitrogens with two attached hydrogens (primary N) is 2. The Bertz CT molecular complexity index is 268. The summed E-state index contributed by atoms with van der Waals surface area (Å²) in [6.45, 7) is 4.19. The van der Waals surface area contributed by atoms with Crippen LogP contribution in [0.5, 0.6) is 0 Å². The molecule has 0 saturated heterocycles. The number of aliphatic carboxylic acids is 1. The number of hydrogen-bond donors (Lipinski definition) is 3. The topological polar surface area (TPSA) is 102 Å². The lowest BCUT2D eigenvalue weighted by Crippen LogP contribution is -2.29. The highest BCUT2D eigenvalue weighted by molar-refractivity contribution is 5.77. The van der Waals surface area contributed by atoms with Crippen LogP contribution in [0.4, 0.5) is 0 Å². The van der Waals surface area contributed by atoms with Crippen molar-refractivity contribution in [3.63, 3.8) is 0 Å². The number of carboxylic acid groups (broad SMARTS) is 1. The van der Waals surface area contributed by atoms with Crippen LogP contribution in [0.25, 0.3) is 0 Å². The lowest BCUT2D eigenvalue weighted by Gasteiger charge is -2.05. The summed E-state index contributed by atoms with van der Waals surface area (Å²) >= 11 is 0. The number of carbonyl (C=O) groups is 1. The van der Waals surface area contributed by atoms with Crippen molar-refractivity contribution < 1.29 is 9.90 Å². The van der Waals surface area contributed by atoms with Gasteiger partial charge in [-0.15, -0.1) is 0 Å². The molecular weight excluding hydrogens is 194 g/mol. The van der Waals surface area contributed by atoms with Gasteiger partial charge >= 0.3 is 5.97 Å². The Morgan fingerprint density at radius 1 is 1.53 bits per heavy atom. The highest BCUT2D eigenvalue weighted by Crippen LogP contribution is 2.05. The molecule has 0 aromatic heterocycles. The molecule has 0 heterocycles. The molecule has 0 spiro atoms. The Morgan fingerprint density at radius 2 is 2.13 bits per heavy atom. The zero-order valence-corrected chi connectivity index (χ0v) is 9.23. The monoisotopic (exact) mass is 213 g/mol. The van der Waals surface area contributed by atoms with E-state index in [0.717, 1.165) is 5.57 Å². The van der Waals surface area contributed by atoms with Crippen molar-refractivity contribution in [2.75, 3.05) is 6.54 Å². The first kappa shape index (κ1) is 13.6. The molecule has 15 heavy (non-hydrogen) atoms. The van der Waals surface area contributed by atoms with Gasteiger partial charge in [-0.1, -0.05) is 11.6 Å². The average molecular weight is 213 g/mol. The van der Waals surface area contributed by atoms with E-state index >= 15 is 0 Å². The van der Waals surface area contributed by atoms with Gasteiger partial charge in [0.1, 0.15) is 6.04 Å². The summed E-state index contributed by atoms with van der Waals surface area (Å²) in [5, 5.41) is 8.56. The van der Waals surface area contributed by atoms with Crippen LogP contribution < -0.4 is 11.5 Å². The summed E-state index contributed by atoms with van der Waals surface area (Å²) in [7, 11) is 0. The minimum atomic E-state index is -0.960. The van der Waals surface area contributed by atoms with Crippen molar-refractivity contribution in [3.8, 4) is 0 Å². The first-order valence-corrected chi connectivity index (χ1v) is 4.84. The molecule has 0 aromatic rings. The highest BCUT2D eigenvalue weighted by Gasteiger charge is 2.10. The zero-order valence-electron chi connectivity index (χ0n) is 9.23. The van der Waals surface area contributed by atoms with Crippen LogP contribution in [0.3, 0.4) is 0 Å². The van der Waals surface area contributed by atoms with Crippen LogP contribution in [0, 0.1) is 0 Å². The molecule has 0 saturated carbocycles. The summed E-state index contributed by atoms with van der Waals surface area (Å²) in [5.41, 5.74) is 11.8. The van der Waals surface area contributed by atoms with E-state index in [1.807, 2.05) is 13.0 Å². The quantitative estimate of drug-likeness (QED) is 0.339. The molecule has 0 aliphatic heterocycles. The van der Waals surface area contributed by atoms with Crippen LogP contribution in [-0.4, -0.2) is 29.5 Å². The second kappa shape index (κ2) is 7.00. The van der Waals surface area contributed by atoms with Crippen LogP contribution in [0.1, 0.15) is 26.7 Å². The fourth-order valence-corrected chi connectivity index (χ4v) is 0.954. The number of hydrogen-bond acceptors (Lipinski definition) is 3. The predicted octanol–water partition coefficient (Wildman–Crippen LogP) is 0.502. The van der Waals surface area contributed by atoms with E-state index in [4.69, 9.17) is 16.6 Å². The Morgan fingerprint density at radius 3 is 2.60 bits per heavy atom. The van der Waals surface area contributed by atoms with E-state index in [-0.39, 0.29) is 0 Å². The molecule has 0 fully saturated rings. The fourth-order valence-electron chi connectivity index (χ4n) is 0.954. The SMILES string of the molecule is CC(N)=NC/C=C(\C)CCC(N)C(=O)O. The van der Waals surface area contributed by atoms with E-state index < -0.39 is 12.0 Å². The van der Waals surface area contributed by atoms with Gasteiger partial charge in [0, 0.05) is 0 Å². The summed E-state index contributed by atoms with van der Waals surface area (Å²) in [4.78, 5) is 14.4. The van der Waals surface area contributed by atoms with Crippen LogP contribution >= 0.6 is 0 Å². The van der Waals surface area contributed by atoms with Gasteiger partial charge in [0.15, 0.2) is 0 Å². The second-order valence-corrected chi connectivity index (χ2v) is 3.52. The number of aliphatic imine (C=N–C) groups is 1. The van der Waals surface area contributed by atoms with Crippen molar-refractivity contribution in [2.45, 2.75) is 32.7 Å². The molecule has 5 nitrogen and oxygen atoms in total. The van der Waals surface area contributed by atoms with Gasteiger partial charge in [-0.3, -0.25) is 9.79 Å². The molecule has 1 unspecified atom stereocenters. The molecule has 0 bridgehead atoms. The molecule has 5 N–H and O–H groups in total. The van der Waals surface area contributed by atoms with E-state index in [1.54, 1.807) is 6.92 Å². The van der Waals surface area contributed by atoms with Gasteiger partial charge in [0.05, 0.1) is 12.4 Å². The predicted molar refractivity (Wildman–Crippen MR) is 60.8 cm³/mol. The van der Waals surface area contributed by atoms with Crippen LogP contribution in [-0.2, 0) is 4.79 Å². The maximum absolute atomic E-state index is 10.4. The van der Waals surface area contributed by atoms with Gasteiger partial charge in [0.2, 0.25) is 0 Å². The third-order valence-electron chi connectivity index (χ3n) is 1.95. The first-order valence-electron chi connectivity index (χ1n) is 4.84. The van der Waals surface area contributed by atoms with Crippen molar-refractivity contribution >= 4 is 11.8 Å². The number of carboxylic acids is 1. The molecule has 0 aromatic carbocycles. The summed E-state index contributed by atoms with van der Waals surface area (Å²) in [6, 6.07) is -0.784. The normalized spacial score (nSPS) is 15.1. The minimum Gasteiger partial charge on any atom is -0.480 e. The zero-order chi connectivity index (χ0) is 11.8. The van der Waals surface area contributed by atoms with Gasteiger partial charge in [-0.2, -0.15) is 0 Å². The van der Waals surface area contributed by atoms with Gasteiger partial charge in [-0.25, -0.2) is 0 Å². The Kier molecular flexibility index (Phi) is 6.37. The molecule has 0 radical (unpaired) electrons. The Hall–Kier alpha value is -1.36. The summed E-state index contributed by atoms with van der Waals surface area (Å²) in [5.74, 6) is -0.417. The van der Waals surface area contributed by atoms with E-state index in [0.29, 0.717) is 25.2 Å². The Labute approximate surface area is 89.9 Å². The molecule has 86 valence electrons. The third kappa shape index (κ3) is 7.69. The molecule has 0 aliphatic rings. The fraction of sp³-hybridized carbons (Fsp3) is 0.600. The van der Waals surface area contributed by atoms with Crippen molar-refractivity contribution in [2.24, 2.45) is 16.5 Å². The lowest BCUT2D eigenvalue weighted by molar-refractivity contribution is -0.138. The highest BCUT2D eigenvalue weighted by atomic mass is 16.4. The standard InChI is InChI=1S/C10H19N3O2/c1-7(5-6-13-8(2)11)3-4-9(12)10(14)15/h5,9H,3-4,6,12H2,1-2H3,(H2,11,13)(H,14,15)/b7-5+. The maximum Gasteiger partial charge on any atom is 0.320 e. The second-order valence-electron chi connectivity index (χ2n) is 3.52. The lowest BCUT2D eigenvalue weighted by atomic mass is 10.1. The van der Waals surface area contributed by atoms with Gasteiger partial charge in [-0.05, 0) is 26.7 Å². The van der Waals surface area contributed by atoms with E-state index in [9.17, 15) is 4.79 Å². The molecule has 0 aliphatic carbocycles. The molecule has 0 amide bonds.